The maximum atomic E-state index is 14.8. The fourth-order valence-electron chi connectivity index (χ4n) is 5.81. The predicted octanol–water partition coefficient (Wildman–Crippen LogP) is 5.93. The fraction of sp³-hybridized carbons (Fsp3) is 0.438. The minimum Gasteiger partial charge on any atom is -0.489 e. The molecule has 1 aromatic heterocycles. The molecular formula is C32H36FNO5S. The van der Waals surface area contributed by atoms with Gasteiger partial charge < -0.3 is 14.2 Å². The molecule has 2 aliphatic carbocycles. The lowest BCUT2D eigenvalue weighted by Gasteiger charge is -2.16. The van der Waals surface area contributed by atoms with Crippen LogP contribution in [-0.2, 0) is 39.8 Å². The molecule has 1 saturated carbocycles. The first-order chi connectivity index (χ1) is 19.3. The quantitative estimate of drug-likeness (QED) is 0.200. The lowest BCUT2D eigenvalue weighted by Crippen LogP contribution is -2.11. The molecule has 0 N–H and O–H groups in total. The Morgan fingerprint density at radius 3 is 2.67 bits per heavy atom. The molecular weight excluding hydrogens is 529 g/mol. The van der Waals surface area contributed by atoms with Crippen molar-refractivity contribution in [3.05, 3.63) is 76.2 Å². The highest BCUT2D eigenvalue weighted by molar-refractivity contribution is 7.84. The highest BCUT2D eigenvalue weighted by Crippen LogP contribution is 2.62. The van der Waals surface area contributed by atoms with Gasteiger partial charge in [-0.2, -0.15) is 0 Å². The highest BCUT2D eigenvalue weighted by Gasteiger charge is 2.60. The Labute approximate surface area is 237 Å². The van der Waals surface area contributed by atoms with E-state index in [2.05, 4.69) is 24.0 Å². The molecule has 4 atom stereocenters. The van der Waals surface area contributed by atoms with Crippen LogP contribution in [0.2, 0.25) is 0 Å². The van der Waals surface area contributed by atoms with E-state index in [-0.39, 0.29) is 30.2 Å². The average molecular weight is 566 g/mol. The molecule has 1 fully saturated rings. The van der Waals surface area contributed by atoms with Crippen LogP contribution in [0.5, 0.6) is 11.6 Å². The molecule has 0 amide bonds. The Kier molecular flexibility index (Phi) is 8.54. The number of aromatic nitrogens is 1. The standard InChI is InChI=1S/C32H36FNO5S/c1-5-20-14-24-22(15-25-30(24)31(25)32(35)37-6-2)16-28(20)39-18-23-13-21(8-9-27(23)33)26-17-34-29(12-19(26)3)38-10-7-11-40(4)36/h8-9,12-14,16-17,25,30-31H,5-7,10-11,15,18H2,1-4H3. The van der Waals surface area contributed by atoms with Gasteiger partial charge in [-0.15, -0.1) is 0 Å². The van der Waals surface area contributed by atoms with Crippen molar-refractivity contribution in [1.29, 1.82) is 0 Å². The molecule has 8 heteroatoms. The molecule has 0 spiro atoms. The number of esters is 1. The summed E-state index contributed by atoms with van der Waals surface area (Å²) in [6.07, 6.45) is 5.75. The minimum absolute atomic E-state index is 0.0211. The van der Waals surface area contributed by atoms with Gasteiger partial charge in [0.2, 0.25) is 5.88 Å². The largest absolute Gasteiger partial charge is 0.489 e. The summed E-state index contributed by atoms with van der Waals surface area (Å²) in [6.45, 7) is 6.86. The smallest absolute Gasteiger partial charge is 0.309 e. The molecule has 0 aliphatic heterocycles. The van der Waals surface area contributed by atoms with E-state index in [0.29, 0.717) is 42.7 Å². The number of hydrogen-bond donors (Lipinski definition) is 0. The Morgan fingerprint density at radius 1 is 1.12 bits per heavy atom. The van der Waals surface area contributed by atoms with Crippen molar-refractivity contribution in [2.24, 2.45) is 11.8 Å². The Morgan fingerprint density at radius 2 is 1.95 bits per heavy atom. The zero-order chi connectivity index (χ0) is 28.4. The molecule has 212 valence electrons. The summed E-state index contributed by atoms with van der Waals surface area (Å²) in [4.78, 5) is 16.7. The summed E-state index contributed by atoms with van der Waals surface area (Å²) in [5, 5.41) is 0. The number of fused-ring (bicyclic) bond motifs is 3. The van der Waals surface area contributed by atoms with Gasteiger partial charge in [0.05, 0.1) is 19.1 Å². The summed E-state index contributed by atoms with van der Waals surface area (Å²) < 4.78 is 43.2. The predicted molar refractivity (Wildman–Crippen MR) is 154 cm³/mol. The summed E-state index contributed by atoms with van der Waals surface area (Å²) >= 11 is 0. The van der Waals surface area contributed by atoms with Crippen LogP contribution < -0.4 is 9.47 Å². The molecule has 3 aromatic rings. The first kappa shape index (κ1) is 28.3. The van der Waals surface area contributed by atoms with Crippen molar-refractivity contribution in [1.82, 2.24) is 4.98 Å². The van der Waals surface area contributed by atoms with Crippen molar-refractivity contribution < 1.29 is 27.6 Å². The molecule has 0 radical (unpaired) electrons. The van der Waals surface area contributed by atoms with Crippen molar-refractivity contribution in [3.8, 4) is 22.8 Å². The molecule has 6 nitrogen and oxygen atoms in total. The molecule has 0 saturated heterocycles. The van der Waals surface area contributed by atoms with E-state index in [9.17, 15) is 13.4 Å². The second-order valence-electron chi connectivity index (χ2n) is 10.6. The zero-order valence-corrected chi connectivity index (χ0v) is 24.3. The van der Waals surface area contributed by atoms with E-state index in [1.807, 2.05) is 26.0 Å². The number of pyridine rings is 1. The van der Waals surface area contributed by atoms with Gasteiger partial charge in [-0.25, -0.2) is 9.37 Å². The molecule has 5 rings (SSSR count). The molecule has 2 aromatic carbocycles. The molecule has 0 bridgehead atoms. The lowest BCUT2D eigenvalue weighted by atomic mass is 9.97. The third-order valence-corrected chi connectivity index (χ3v) is 8.76. The second-order valence-corrected chi connectivity index (χ2v) is 12.2. The van der Waals surface area contributed by atoms with Gasteiger partial charge in [0.15, 0.2) is 0 Å². The summed E-state index contributed by atoms with van der Waals surface area (Å²) in [6, 6.07) is 11.1. The van der Waals surface area contributed by atoms with Crippen LogP contribution in [0.25, 0.3) is 11.1 Å². The SMILES string of the molecule is CCOC(=O)C1C2Cc3cc(OCc4cc(-c5cnc(OCCCS(C)=O)cc5C)ccc4F)c(CC)cc3C21. The number of carbonyl (C=O) groups is 1. The maximum absolute atomic E-state index is 14.8. The van der Waals surface area contributed by atoms with Gasteiger partial charge in [0.25, 0.3) is 0 Å². The lowest BCUT2D eigenvalue weighted by molar-refractivity contribution is -0.145. The van der Waals surface area contributed by atoms with E-state index in [1.165, 1.54) is 17.2 Å². The van der Waals surface area contributed by atoms with Crippen LogP contribution in [0.15, 0.2) is 42.6 Å². The van der Waals surface area contributed by atoms with Crippen molar-refractivity contribution in [2.45, 2.75) is 52.6 Å². The van der Waals surface area contributed by atoms with Gasteiger partial charge >= 0.3 is 5.97 Å². The first-order valence-electron chi connectivity index (χ1n) is 13.9. The number of halogens is 1. The van der Waals surface area contributed by atoms with Crippen LogP contribution in [0.1, 0.15) is 54.0 Å². The van der Waals surface area contributed by atoms with Crippen molar-refractivity contribution in [3.63, 3.8) is 0 Å². The van der Waals surface area contributed by atoms with Crippen LogP contribution in [0.4, 0.5) is 4.39 Å². The Balaban J connectivity index is 1.28. The number of rotatable bonds is 12. The number of hydrogen-bond acceptors (Lipinski definition) is 6. The third-order valence-electron chi connectivity index (χ3n) is 7.90. The zero-order valence-electron chi connectivity index (χ0n) is 23.5. The first-order valence-corrected chi connectivity index (χ1v) is 15.7. The summed E-state index contributed by atoms with van der Waals surface area (Å²) in [5.74, 6) is 2.02. The minimum atomic E-state index is -0.837. The average Bonchev–Trinajstić information content (AvgIpc) is 3.53. The maximum Gasteiger partial charge on any atom is 0.309 e. The van der Waals surface area contributed by atoms with Crippen LogP contribution in [0.3, 0.4) is 0 Å². The Bertz CT molecular complexity index is 1440. The van der Waals surface area contributed by atoms with Gasteiger partial charge in [-0.3, -0.25) is 9.00 Å². The second kappa shape index (κ2) is 12.1. The third kappa shape index (κ3) is 5.92. The van der Waals surface area contributed by atoms with Gasteiger partial charge in [0.1, 0.15) is 18.2 Å². The van der Waals surface area contributed by atoms with E-state index in [4.69, 9.17) is 14.2 Å². The van der Waals surface area contributed by atoms with Crippen molar-refractivity contribution >= 4 is 16.8 Å². The summed E-state index contributed by atoms with van der Waals surface area (Å²) in [5.41, 5.74) is 6.69. The fourth-order valence-corrected chi connectivity index (χ4v) is 6.33. The monoisotopic (exact) mass is 565 g/mol. The molecule has 2 aliphatic rings. The van der Waals surface area contributed by atoms with E-state index >= 15 is 0 Å². The van der Waals surface area contributed by atoms with Crippen molar-refractivity contribution in [2.75, 3.05) is 25.2 Å². The Hall–Kier alpha value is -3.26. The van der Waals surface area contributed by atoms with Gasteiger partial charge in [0, 0.05) is 52.1 Å². The van der Waals surface area contributed by atoms with Crippen LogP contribution in [-0.4, -0.2) is 40.4 Å². The number of aryl methyl sites for hydroxylation is 2. The number of ether oxygens (including phenoxy) is 3. The number of carbonyl (C=O) groups excluding carboxylic acids is 1. The summed E-state index contributed by atoms with van der Waals surface area (Å²) in [7, 11) is -0.837. The van der Waals surface area contributed by atoms with Gasteiger partial charge in [-0.1, -0.05) is 19.1 Å². The van der Waals surface area contributed by atoms with E-state index in [0.717, 1.165) is 40.8 Å². The molecule has 4 unspecified atom stereocenters. The van der Waals surface area contributed by atoms with E-state index in [1.54, 1.807) is 18.5 Å². The molecule has 1 heterocycles. The van der Waals surface area contributed by atoms with E-state index < -0.39 is 10.8 Å². The number of nitrogens with zero attached hydrogens (tertiary/aromatic N) is 1. The molecule has 40 heavy (non-hydrogen) atoms. The van der Waals surface area contributed by atoms with Gasteiger partial charge in [-0.05, 0) is 85.0 Å². The highest BCUT2D eigenvalue weighted by atomic mass is 32.2. The van der Waals surface area contributed by atoms with Crippen LogP contribution >= 0.6 is 0 Å². The normalized spacial score (nSPS) is 19.5. The number of benzene rings is 2. The topological polar surface area (TPSA) is 74.7 Å². The van der Waals surface area contributed by atoms with Crippen LogP contribution in [0, 0.1) is 24.6 Å².